The summed E-state index contributed by atoms with van der Waals surface area (Å²) in [5.74, 6) is 0.195. The zero-order valence-corrected chi connectivity index (χ0v) is 15.1. The van der Waals surface area contributed by atoms with Gasteiger partial charge in [0.15, 0.2) is 0 Å². The fraction of sp³-hybridized carbons (Fsp3) is 0.632. The normalized spacial score (nSPS) is 21.2. The van der Waals surface area contributed by atoms with E-state index < -0.39 is 0 Å². The standard InChI is InChI=1S/C19H27ClN2O2/c1-24-14-19(9-4-10-19)18(23)21-16-7-11-22(12-8-16)13-15-5-2-3-6-17(15)20/h2-3,5-6,16H,4,7-14H2,1H3,(H,21,23). The van der Waals surface area contributed by atoms with Crippen LogP contribution < -0.4 is 5.32 Å². The summed E-state index contributed by atoms with van der Waals surface area (Å²) in [5, 5.41) is 4.10. The van der Waals surface area contributed by atoms with Crippen LogP contribution in [0.3, 0.4) is 0 Å². The van der Waals surface area contributed by atoms with Gasteiger partial charge >= 0.3 is 0 Å². The molecule has 0 atom stereocenters. The zero-order valence-electron chi connectivity index (χ0n) is 14.4. The summed E-state index contributed by atoms with van der Waals surface area (Å²) in [7, 11) is 1.68. The van der Waals surface area contributed by atoms with Gasteiger partial charge in [0.25, 0.3) is 0 Å². The largest absolute Gasteiger partial charge is 0.384 e. The molecule has 0 spiro atoms. The van der Waals surface area contributed by atoms with E-state index in [1.807, 2.05) is 18.2 Å². The Balaban J connectivity index is 1.47. The SMILES string of the molecule is COCC1(C(=O)NC2CCN(Cc3ccccc3Cl)CC2)CCC1. The van der Waals surface area contributed by atoms with Crippen molar-refractivity contribution in [2.45, 2.75) is 44.7 Å². The van der Waals surface area contributed by atoms with Crippen LogP contribution >= 0.6 is 11.6 Å². The number of piperidine rings is 1. The summed E-state index contributed by atoms with van der Waals surface area (Å²) in [6.45, 7) is 3.42. The summed E-state index contributed by atoms with van der Waals surface area (Å²) < 4.78 is 5.27. The molecule has 132 valence electrons. The number of hydrogen-bond donors (Lipinski definition) is 1. The molecule has 0 radical (unpaired) electrons. The van der Waals surface area contributed by atoms with Crippen molar-refractivity contribution in [1.29, 1.82) is 0 Å². The van der Waals surface area contributed by atoms with Gasteiger partial charge in [0.2, 0.25) is 5.91 Å². The third-order valence-corrected chi connectivity index (χ3v) is 5.86. The minimum atomic E-state index is -0.260. The molecule has 1 aromatic carbocycles. The predicted octanol–water partition coefficient (Wildman–Crippen LogP) is 3.24. The van der Waals surface area contributed by atoms with E-state index in [1.54, 1.807) is 7.11 Å². The van der Waals surface area contributed by atoms with E-state index in [1.165, 1.54) is 5.56 Å². The van der Waals surface area contributed by atoms with E-state index in [0.29, 0.717) is 6.61 Å². The van der Waals surface area contributed by atoms with Crippen molar-refractivity contribution >= 4 is 17.5 Å². The second-order valence-electron chi connectivity index (χ2n) is 7.18. The van der Waals surface area contributed by atoms with E-state index in [0.717, 1.165) is 56.8 Å². The van der Waals surface area contributed by atoms with Crippen LogP contribution in [-0.4, -0.2) is 43.7 Å². The zero-order chi connectivity index (χ0) is 17.0. The Bertz CT molecular complexity index is 566. The number of benzene rings is 1. The Morgan fingerprint density at radius 2 is 2.04 bits per heavy atom. The van der Waals surface area contributed by atoms with Gasteiger partial charge < -0.3 is 10.1 Å². The lowest BCUT2D eigenvalue weighted by atomic mass is 9.68. The molecule has 5 heteroatoms. The third-order valence-electron chi connectivity index (χ3n) is 5.49. The van der Waals surface area contributed by atoms with Gasteiger partial charge in [0.1, 0.15) is 0 Å². The summed E-state index contributed by atoms with van der Waals surface area (Å²) in [6, 6.07) is 8.31. The monoisotopic (exact) mass is 350 g/mol. The van der Waals surface area contributed by atoms with Gasteiger partial charge in [-0.2, -0.15) is 0 Å². The molecule has 1 amide bonds. The summed E-state index contributed by atoms with van der Waals surface area (Å²) in [5.41, 5.74) is 0.916. The molecule has 2 aliphatic rings. The molecular formula is C19H27ClN2O2. The number of rotatable bonds is 6. The predicted molar refractivity (Wildman–Crippen MR) is 96.1 cm³/mol. The molecule has 24 heavy (non-hydrogen) atoms. The highest BCUT2D eigenvalue weighted by Crippen LogP contribution is 2.41. The van der Waals surface area contributed by atoms with Crippen LogP contribution in [0.5, 0.6) is 0 Å². The first kappa shape index (κ1) is 17.7. The lowest BCUT2D eigenvalue weighted by molar-refractivity contribution is -0.141. The molecule has 2 fully saturated rings. The van der Waals surface area contributed by atoms with Crippen LogP contribution in [0.4, 0.5) is 0 Å². The van der Waals surface area contributed by atoms with Crippen molar-refractivity contribution < 1.29 is 9.53 Å². The maximum Gasteiger partial charge on any atom is 0.228 e. The Kier molecular flexibility index (Phi) is 5.80. The van der Waals surface area contributed by atoms with Gasteiger partial charge in [-0.05, 0) is 37.3 Å². The number of hydrogen-bond acceptors (Lipinski definition) is 3. The number of ether oxygens (including phenoxy) is 1. The van der Waals surface area contributed by atoms with E-state index >= 15 is 0 Å². The molecule has 3 rings (SSSR count). The Morgan fingerprint density at radius 1 is 1.33 bits per heavy atom. The quantitative estimate of drug-likeness (QED) is 0.856. The number of likely N-dealkylation sites (tertiary alicyclic amines) is 1. The number of halogens is 1. The third kappa shape index (κ3) is 3.93. The highest BCUT2D eigenvalue weighted by Gasteiger charge is 2.44. The van der Waals surface area contributed by atoms with E-state index in [2.05, 4.69) is 16.3 Å². The maximum atomic E-state index is 12.6. The molecule has 0 bridgehead atoms. The first-order valence-electron chi connectivity index (χ1n) is 8.89. The molecule has 1 aliphatic heterocycles. The summed E-state index contributed by atoms with van der Waals surface area (Å²) in [6.07, 6.45) is 5.04. The van der Waals surface area contributed by atoms with Gasteiger partial charge in [-0.3, -0.25) is 9.69 Å². The number of carbonyl (C=O) groups is 1. The van der Waals surface area contributed by atoms with Crippen molar-refractivity contribution in [2.75, 3.05) is 26.8 Å². The Morgan fingerprint density at radius 3 is 2.62 bits per heavy atom. The van der Waals surface area contributed by atoms with E-state index in [9.17, 15) is 4.79 Å². The molecule has 1 N–H and O–H groups in total. The number of nitrogens with zero attached hydrogens (tertiary/aromatic N) is 1. The Labute approximate surface area is 149 Å². The van der Waals surface area contributed by atoms with Crippen molar-refractivity contribution in [3.05, 3.63) is 34.9 Å². The van der Waals surface area contributed by atoms with Crippen LogP contribution in [-0.2, 0) is 16.1 Å². The van der Waals surface area contributed by atoms with Crippen molar-refractivity contribution in [2.24, 2.45) is 5.41 Å². The minimum absolute atomic E-state index is 0.195. The highest BCUT2D eigenvalue weighted by molar-refractivity contribution is 6.31. The van der Waals surface area contributed by atoms with E-state index in [4.69, 9.17) is 16.3 Å². The molecule has 1 heterocycles. The first-order chi connectivity index (χ1) is 11.6. The molecule has 0 aromatic heterocycles. The smallest absolute Gasteiger partial charge is 0.228 e. The number of carbonyl (C=O) groups excluding carboxylic acids is 1. The first-order valence-corrected chi connectivity index (χ1v) is 9.26. The Hall–Kier alpha value is -1.10. The topological polar surface area (TPSA) is 41.6 Å². The number of nitrogens with one attached hydrogen (secondary N) is 1. The van der Waals surface area contributed by atoms with Crippen LogP contribution in [0, 0.1) is 5.41 Å². The fourth-order valence-electron chi connectivity index (χ4n) is 3.76. The van der Waals surface area contributed by atoms with Gasteiger partial charge in [0, 0.05) is 37.8 Å². The van der Waals surface area contributed by atoms with Crippen LogP contribution in [0.25, 0.3) is 0 Å². The van der Waals surface area contributed by atoms with Crippen LogP contribution in [0.15, 0.2) is 24.3 Å². The van der Waals surface area contributed by atoms with Crippen molar-refractivity contribution in [3.63, 3.8) is 0 Å². The summed E-state index contributed by atoms with van der Waals surface area (Å²) in [4.78, 5) is 15.0. The molecular weight excluding hydrogens is 324 g/mol. The molecule has 1 aliphatic carbocycles. The second kappa shape index (κ2) is 7.85. The van der Waals surface area contributed by atoms with E-state index in [-0.39, 0.29) is 17.4 Å². The average Bonchev–Trinajstić information content (AvgIpc) is 2.55. The molecule has 4 nitrogen and oxygen atoms in total. The van der Waals surface area contributed by atoms with Crippen molar-refractivity contribution in [3.8, 4) is 0 Å². The highest BCUT2D eigenvalue weighted by atomic mass is 35.5. The second-order valence-corrected chi connectivity index (χ2v) is 7.59. The molecule has 1 saturated heterocycles. The average molecular weight is 351 g/mol. The molecule has 1 aromatic rings. The number of amides is 1. The number of methoxy groups -OCH3 is 1. The van der Waals surface area contributed by atoms with Gasteiger partial charge in [-0.1, -0.05) is 36.2 Å². The minimum Gasteiger partial charge on any atom is -0.384 e. The van der Waals surface area contributed by atoms with Crippen LogP contribution in [0.2, 0.25) is 5.02 Å². The van der Waals surface area contributed by atoms with Crippen LogP contribution in [0.1, 0.15) is 37.7 Å². The molecule has 0 unspecified atom stereocenters. The fourth-order valence-corrected chi connectivity index (χ4v) is 3.95. The molecule has 1 saturated carbocycles. The van der Waals surface area contributed by atoms with Gasteiger partial charge in [-0.15, -0.1) is 0 Å². The van der Waals surface area contributed by atoms with Gasteiger partial charge in [0.05, 0.1) is 12.0 Å². The van der Waals surface area contributed by atoms with Gasteiger partial charge in [-0.25, -0.2) is 0 Å². The lowest BCUT2D eigenvalue weighted by Crippen LogP contribution is -2.53. The van der Waals surface area contributed by atoms with Crippen molar-refractivity contribution in [1.82, 2.24) is 10.2 Å². The summed E-state index contributed by atoms with van der Waals surface area (Å²) >= 11 is 6.25. The maximum absolute atomic E-state index is 12.6. The lowest BCUT2D eigenvalue weighted by Gasteiger charge is -2.41.